The molecule has 0 spiro atoms. The van der Waals surface area contributed by atoms with Gasteiger partial charge in [0.25, 0.3) is 0 Å². The molecule has 1 rings (SSSR count). The minimum absolute atomic E-state index is 0.00683. The minimum atomic E-state index is -3.70. The Kier molecular flexibility index (Phi) is 5.15. The molecule has 0 amide bonds. The third-order valence-electron chi connectivity index (χ3n) is 2.17. The summed E-state index contributed by atoms with van der Waals surface area (Å²) < 4.78 is 25.6. The summed E-state index contributed by atoms with van der Waals surface area (Å²) >= 11 is 5.73. The van der Waals surface area contributed by atoms with Crippen molar-refractivity contribution in [3.05, 3.63) is 28.8 Å². The van der Waals surface area contributed by atoms with E-state index in [2.05, 4.69) is 4.72 Å². The standard InChI is InChI=1S/C11H11ClN2O4S/c12-9-4-3-8(7-13)10(6-9)14-19(17,18)5-1-2-11(15)16/h3-4,6,14H,1-2,5H2,(H,15,16). The van der Waals surface area contributed by atoms with Gasteiger partial charge >= 0.3 is 5.97 Å². The average Bonchev–Trinajstić information content (AvgIpc) is 2.27. The maximum atomic E-state index is 11.7. The number of nitrogens with zero attached hydrogens (tertiary/aromatic N) is 1. The Balaban J connectivity index is 2.81. The van der Waals surface area contributed by atoms with Gasteiger partial charge in [0.1, 0.15) is 6.07 Å². The monoisotopic (exact) mass is 302 g/mol. The van der Waals surface area contributed by atoms with Gasteiger partial charge in [-0.2, -0.15) is 5.26 Å². The molecule has 0 atom stereocenters. The Morgan fingerprint density at radius 2 is 2.16 bits per heavy atom. The first-order valence-corrected chi connectivity index (χ1v) is 7.29. The predicted molar refractivity (Wildman–Crippen MR) is 70.4 cm³/mol. The number of aliphatic carboxylic acids is 1. The minimum Gasteiger partial charge on any atom is -0.481 e. The van der Waals surface area contributed by atoms with Crippen LogP contribution in [0.3, 0.4) is 0 Å². The Hall–Kier alpha value is -1.78. The van der Waals surface area contributed by atoms with Crippen LogP contribution in [0.25, 0.3) is 0 Å². The number of benzene rings is 1. The summed E-state index contributed by atoms with van der Waals surface area (Å²) in [5, 5.41) is 17.6. The Bertz CT molecular complexity index is 622. The molecule has 0 aliphatic carbocycles. The number of hydrogen-bond donors (Lipinski definition) is 2. The summed E-state index contributed by atoms with van der Waals surface area (Å²) in [4.78, 5) is 10.3. The van der Waals surface area contributed by atoms with Crippen molar-refractivity contribution < 1.29 is 18.3 Å². The van der Waals surface area contributed by atoms with E-state index in [0.29, 0.717) is 5.02 Å². The zero-order chi connectivity index (χ0) is 14.5. The first kappa shape index (κ1) is 15.3. The van der Waals surface area contributed by atoms with Gasteiger partial charge in [0.15, 0.2) is 0 Å². The lowest BCUT2D eigenvalue weighted by Crippen LogP contribution is -2.18. The van der Waals surface area contributed by atoms with E-state index >= 15 is 0 Å². The number of hydrogen-bond acceptors (Lipinski definition) is 4. The SMILES string of the molecule is N#Cc1ccc(Cl)cc1NS(=O)(=O)CCCC(=O)O. The van der Waals surface area contributed by atoms with Gasteiger partial charge in [0.05, 0.1) is 17.0 Å². The van der Waals surface area contributed by atoms with Gasteiger partial charge in [-0.1, -0.05) is 11.6 Å². The lowest BCUT2D eigenvalue weighted by molar-refractivity contribution is -0.137. The van der Waals surface area contributed by atoms with E-state index in [-0.39, 0.29) is 29.8 Å². The van der Waals surface area contributed by atoms with Crippen molar-refractivity contribution in [1.29, 1.82) is 5.26 Å². The van der Waals surface area contributed by atoms with Crippen LogP contribution in [0, 0.1) is 11.3 Å². The smallest absolute Gasteiger partial charge is 0.303 e. The van der Waals surface area contributed by atoms with Crippen molar-refractivity contribution in [2.45, 2.75) is 12.8 Å². The molecule has 0 aromatic heterocycles. The second-order valence-electron chi connectivity index (χ2n) is 3.72. The molecule has 0 saturated heterocycles. The largest absolute Gasteiger partial charge is 0.481 e. The van der Waals surface area contributed by atoms with E-state index in [1.807, 2.05) is 6.07 Å². The second kappa shape index (κ2) is 6.41. The van der Waals surface area contributed by atoms with E-state index in [1.165, 1.54) is 18.2 Å². The van der Waals surface area contributed by atoms with Crippen LogP contribution < -0.4 is 4.72 Å². The first-order chi connectivity index (χ1) is 8.84. The van der Waals surface area contributed by atoms with E-state index < -0.39 is 16.0 Å². The highest BCUT2D eigenvalue weighted by atomic mass is 35.5. The maximum absolute atomic E-state index is 11.7. The molecule has 0 fully saturated rings. The highest BCUT2D eigenvalue weighted by Crippen LogP contribution is 2.21. The van der Waals surface area contributed by atoms with Crippen molar-refractivity contribution in [2.75, 3.05) is 10.5 Å². The number of sulfonamides is 1. The molecule has 0 aliphatic heterocycles. The van der Waals surface area contributed by atoms with Crippen LogP contribution in [0.1, 0.15) is 18.4 Å². The second-order valence-corrected chi connectivity index (χ2v) is 6.00. The van der Waals surface area contributed by atoms with Crippen molar-refractivity contribution in [3.63, 3.8) is 0 Å². The number of carboxylic acid groups (broad SMARTS) is 1. The fourth-order valence-corrected chi connectivity index (χ4v) is 2.63. The molecule has 0 saturated carbocycles. The van der Waals surface area contributed by atoms with Crippen LogP contribution in [-0.2, 0) is 14.8 Å². The maximum Gasteiger partial charge on any atom is 0.303 e. The number of halogens is 1. The predicted octanol–water partition coefficient (Wildman–Crippen LogP) is 1.82. The first-order valence-electron chi connectivity index (χ1n) is 5.26. The van der Waals surface area contributed by atoms with E-state index in [9.17, 15) is 13.2 Å². The Morgan fingerprint density at radius 1 is 1.47 bits per heavy atom. The number of nitriles is 1. The molecule has 0 unspecified atom stereocenters. The highest BCUT2D eigenvalue weighted by Gasteiger charge is 2.14. The molecule has 2 N–H and O–H groups in total. The fourth-order valence-electron chi connectivity index (χ4n) is 1.33. The van der Waals surface area contributed by atoms with E-state index in [0.717, 1.165) is 0 Å². The fraction of sp³-hybridized carbons (Fsp3) is 0.273. The quantitative estimate of drug-likeness (QED) is 0.833. The van der Waals surface area contributed by atoms with Gasteiger partial charge in [0, 0.05) is 11.4 Å². The number of carboxylic acids is 1. The topological polar surface area (TPSA) is 107 Å². The van der Waals surface area contributed by atoms with Gasteiger partial charge < -0.3 is 5.11 Å². The molecule has 0 aliphatic rings. The van der Waals surface area contributed by atoms with Gasteiger partial charge in [-0.15, -0.1) is 0 Å². The van der Waals surface area contributed by atoms with Crippen LogP contribution in [0.15, 0.2) is 18.2 Å². The lowest BCUT2D eigenvalue weighted by Gasteiger charge is -2.09. The Morgan fingerprint density at radius 3 is 2.74 bits per heavy atom. The zero-order valence-electron chi connectivity index (χ0n) is 9.76. The molecule has 6 nitrogen and oxygen atoms in total. The zero-order valence-corrected chi connectivity index (χ0v) is 11.3. The molecule has 0 radical (unpaired) electrons. The summed E-state index contributed by atoms with van der Waals surface area (Å²) in [5.74, 6) is -1.40. The molecule has 102 valence electrons. The van der Waals surface area contributed by atoms with Gasteiger partial charge in [-0.25, -0.2) is 8.42 Å². The summed E-state index contributed by atoms with van der Waals surface area (Å²) in [6.07, 6.45) is -0.241. The summed E-state index contributed by atoms with van der Waals surface area (Å²) in [5.41, 5.74) is 0.233. The van der Waals surface area contributed by atoms with Crippen molar-refractivity contribution in [1.82, 2.24) is 0 Å². The number of nitrogens with one attached hydrogen (secondary N) is 1. The summed E-state index contributed by atoms with van der Waals surface area (Å²) in [6.45, 7) is 0. The van der Waals surface area contributed by atoms with Gasteiger partial charge in [-0.05, 0) is 24.6 Å². The van der Waals surface area contributed by atoms with Crippen LogP contribution in [0.4, 0.5) is 5.69 Å². The molecule has 0 bridgehead atoms. The van der Waals surface area contributed by atoms with Gasteiger partial charge in [-0.3, -0.25) is 9.52 Å². The molecule has 19 heavy (non-hydrogen) atoms. The van der Waals surface area contributed by atoms with Crippen molar-refractivity contribution in [2.24, 2.45) is 0 Å². The highest BCUT2D eigenvalue weighted by molar-refractivity contribution is 7.92. The molecule has 0 heterocycles. The van der Waals surface area contributed by atoms with Crippen molar-refractivity contribution >= 4 is 33.3 Å². The van der Waals surface area contributed by atoms with Gasteiger partial charge in [0.2, 0.25) is 10.0 Å². The Labute approximate surface area is 115 Å². The van der Waals surface area contributed by atoms with Crippen LogP contribution in [0.2, 0.25) is 5.02 Å². The third-order valence-corrected chi connectivity index (χ3v) is 3.76. The summed E-state index contributed by atoms with van der Waals surface area (Å²) in [7, 11) is -3.70. The molecule has 1 aromatic rings. The van der Waals surface area contributed by atoms with Crippen molar-refractivity contribution in [3.8, 4) is 6.07 Å². The molecule has 1 aromatic carbocycles. The normalized spacial score (nSPS) is 10.7. The van der Waals surface area contributed by atoms with Crippen LogP contribution in [-0.4, -0.2) is 25.2 Å². The average molecular weight is 303 g/mol. The number of rotatable bonds is 6. The third kappa shape index (κ3) is 5.16. The van der Waals surface area contributed by atoms with Crippen LogP contribution >= 0.6 is 11.6 Å². The lowest BCUT2D eigenvalue weighted by atomic mass is 10.2. The number of anilines is 1. The molecular weight excluding hydrogens is 292 g/mol. The van der Waals surface area contributed by atoms with E-state index in [4.69, 9.17) is 22.0 Å². The molecule has 8 heteroatoms. The summed E-state index contributed by atoms with van der Waals surface area (Å²) in [6, 6.07) is 6.04. The van der Waals surface area contributed by atoms with E-state index in [1.54, 1.807) is 0 Å². The molecular formula is C11H11ClN2O4S. The van der Waals surface area contributed by atoms with Crippen LogP contribution in [0.5, 0.6) is 0 Å². The number of carbonyl (C=O) groups is 1.